The molecule has 0 amide bonds. The molecule has 2 fully saturated rings. The molecule has 1 aliphatic carbocycles. The van der Waals surface area contributed by atoms with Gasteiger partial charge >= 0.3 is 0 Å². The van der Waals surface area contributed by atoms with Crippen molar-refractivity contribution < 1.29 is 9.53 Å². The molecule has 0 radical (unpaired) electrons. The molecule has 2 N–H and O–H groups in total. The summed E-state index contributed by atoms with van der Waals surface area (Å²) in [5, 5.41) is 0. The van der Waals surface area contributed by atoms with Crippen molar-refractivity contribution in [1.29, 1.82) is 0 Å². The van der Waals surface area contributed by atoms with Gasteiger partial charge in [0.15, 0.2) is 0 Å². The van der Waals surface area contributed by atoms with Crippen molar-refractivity contribution in [2.75, 3.05) is 6.54 Å². The second-order valence-electron chi connectivity index (χ2n) is 6.20. The summed E-state index contributed by atoms with van der Waals surface area (Å²) in [5.41, 5.74) is 6.73. The van der Waals surface area contributed by atoms with Crippen LogP contribution in [0.3, 0.4) is 0 Å². The summed E-state index contributed by atoms with van der Waals surface area (Å²) in [6, 6.07) is 0. The van der Waals surface area contributed by atoms with Crippen LogP contribution in [0.4, 0.5) is 0 Å². The second-order valence-corrected chi connectivity index (χ2v) is 6.20. The summed E-state index contributed by atoms with van der Waals surface area (Å²) < 4.78 is 5.14. The maximum atomic E-state index is 10.4. The highest BCUT2D eigenvalue weighted by molar-refractivity contribution is 5.38. The van der Waals surface area contributed by atoms with Crippen LogP contribution in [0.15, 0.2) is 0 Å². The lowest BCUT2D eigenvalue weighted by atomic mass is 9.73. The Hall–Kier alpha value is -0.610. The number of carbonyl (C=O) groups excluding carboxylic acids is 1. The maximum absolute atomic E-state index is 10.4. The Kier molecular flexibility index (Phi) is 3.73. The highest BCUT2D eigenvalue weighted by atomic mass is 16.5. The molecule has 0 aromatic carbocycles. The minimum atomic E-state index is -0.307. The summed E-state index contributed by atoms with van der Waals surface area (Å²) in [7, 11) is 0. The zero-order chi connectivity index (χ0) is 12.4. The lowest BCUT2D eigenvalue weighted by molar-refractivity contribution is -0.142. The fraction of sp³-hybridized carbons (Fsp3) is 0.923. The van der Waals surface area contributed by atoms with Crippen molar-refractivity contribution in [3.63, 3.8) is 0 Å². The summed E-state index contributed by atoms with van der Waals surface area (Å²) >= 11 is 0. The maximum Gasteiger partial charge on any atom is 0.293 e. The standard InChI is InChI=1S/C13H24N2O2/c1-12(2,17-10-16)9-11-3-5-13(6-4-11)7-8-14-15-13/h10-11,14-15H,3-9H2,1-2H3. The van der Waals surface area contributed by atoms with E-state index in [4.69, 9.17) is 4.74 Å². The summed E-state index contributed by atoms with van der Waals surface area (Å²) in [6.07, 6.45) is 7.17. The quantitative estimate of drug-likeness (QED) is 0.735. The van der Waals surface area contributed by atoms with E-state index in [1.54, 1.807) is 0 Å². The average molecular weight is 240 g/mol. The minimum absolute atomic E-state index is 0.307. The van der Waals surface area contributed by atoms with Gasteiger partial charge in [0.2, 0.25) is 0 Å². The molecule has 0 atom stereocenters. The third kappa shape index (κ3) is 3.19. The van der Waals surface area contributed by atoms with Gasteiger partial charge in [-0.05, 0) is 58.3 Å². The average Bonchev–Trinajstić information content (AvgIpc) is 2.70. The third-order valence-corrected chi connectivity index (χ3v) is 4.29. The van der Waals surface area contributed by atoms with E-state index in [2.05, 4.69) is 10.9 Å². The molecular weight excluding hydrogens is 216 g/mol. The monoisotopic (exact) mass is 240 g/mol. The Labute approximate surface area is 103 Å². The van der Waals surface area contributed by atoms with Crippen LogP contribution in [0.5, 0.6) is 0 Å². The Balaban J connectivity index is 1.80. The fourth-order valence-corrected chi connectivity index (χ4v) is 3.30. The smallest absolute Gasteiger partial charge is 0.293 e. The molecule has 0 unspecified atom stereocenters. The molecule has 17 heavy (non-hydrogen) atoms. The molecule has 1 saturated heterocycles. The van der Waals surface area contributed by atoms with Crippen LogP contribution in [0, 0.1) is 5.92 Å². The number of nitrogens with one attached hydrogen (secondary N) is 2. The number of hydrogen-bond acceptors (Lipinski definition) is 4. The molecule has 0 bridgehead atoms. The van der Waals surface area contributed by atoms with E-state index in [0.29, 0.717) is 17.9 Å². The van der Waals surface area contributed by atoms with Crippen LogP contribution in [-0.2, 0) is 9.53 Å². The van der Waals surface area contributed by atoms with Crippen molar-refractivity contribution in [2.24, 2.45) is 5.92 Å². The van der Waals surface area contributed by atoms with Gasteiger partial charge in [0, 0.05) is 12.1 Å². The first-order valence-corrected chi connectivity index (χ1v) is 6.67. The molecular formula is C13H24N2O2. The van der Waals surface area contributed by atoms with Crippen molar-refractivity contribution in [1.82, 2.24) is 10.9 Å². The number of hydrogen-bond donors (Lipinski definition) is 2. The Morgan fingerprint density at radius 1 is 1.35 bits per heavy atom. The first-order valence-electron chi connectivity index (χ1n) is 6.67. The van der Waals surface area contributed by atoms with Gasteiger partial charge in [-0.25, -0.2) is 0 Å². The van der Waals surface area contributed by atoms with Gasteiger partial charge in [0.05, 0.1) is 0 Å². The van der Waals surface area contributed by atoms with E-state index in [0.717, 1.165) is 13.0 Å². The van der Waals surface area contributed by atoms with Crippen LogP contribution >= 0.6 is 0 Å². The van der Waals surface area contributed by atoms with Crippen molar-refractivity contribution >= 4 is 6.47 Å². The minimum Gasteiger partial charge on any atom is -0.462 e. The second kappa shape index (κ2) is 4.94. The first-order chi connectivity index (χ1) is 8.05. The van der Waals surface area contributed by atoms with Gasteiger partial charge in [0.25, 0.3) is 6.47 Å². The fourth-order valence-electron chi connectivity index (χ4n) is 3.30. The zero-order valence-corrected chi connectivity index (χ0v) is 10.9. The van der Waals surface area contributed by atoms with Gasteiger partial charge in [0.1, 0.15) is 5.60 Å². The molecule has 1 spiro atoms. The molecule has 1 heterocycles. The van der Waals surface area contributed by atoms with Gasteiger partial charge in [-0.2, -0.15) is 0 Å². The molecule has 98 valence electrons. The molecule has 1 aliphatic heterocycles. The Bertz CT molecular complexity index is 263. The van der Waals surface area contributed by atoms with Gasteiger partial charge < -0.3 is 4.74 Å². The SMILES string of the molecule is CC(C)(CC1CCC2(CCNN2)CC1)OC=O. The molecule has 0 aromatic heterocycles. The normalized spacial score (nSPS) is 33.9. The number of hydrazine groups is 1. The summed E-state index contributed by atoms with van der Waals surface area (Å²) in [6.45, 7) is 5.67. The van der Waals surface area contributed by atoms with Crippen LogP contribution in [0.2, 0.25) is 0 Å². The molecule has 2 rings (SSSR count). The number of rotatable bonds is 4. The van der Waals surface area contributed by atoms with E-state index in [1.807, 2.05) is 13.8 Å². The largest absolute Gasteiger partial charge is 0.462 e. The van der Waals surface area contributed by atoms with E-state index in [-0.39, 0.29) is 5.60 Å². The molecule has 4 nitrogen and oxygen atoms in total. The lowest BCUT2D eigenvalue weighted by Gasteiger charge is -2.39. The van der Waals surface area contributed by atoms with Crippen molar-refractivity contribution in [2.45, 2.75) is 63.5 Å². The summed E-state index contributed by atoms with van der Waals surface area (Å²) in [5.74, 6) is 0.693. The summed E-state index contributed by atoms with van der Waals surface area (Å²) in [4.78, 5) is 10.4. The topological polar surface area (TPSA) is 50.4 Å². The zero-order valence-electron chi connectivity index (χ0n) is 10.9. The van der Waals surface area contributed by atoms with Gasteiger partial charge in [-0.3, -0.25) is 15.6 Å². The third-order valence-electron chi connectivity index (χ3n) is 4.29. The number of ether oxygens (including phenoxy) is 1. The molecule has 4 heteroatoms. The molecule has 2 aliphatic rings. The highest BCUT2D eigenvalue weighted by Crippen LogP contribution is 2.39. The van der Waals surface area contributed by atoms with Crippen LogP contribution in [-0.4, -0.2) is 24.2 Å². The van der Waals surface area contributed by atoms with Crippen molar-refractivity contribution in [3.05, 3.63) is 0 Å². The Morgan fingerprint density at radius 3 is 2.59 bits per heavy atom. The highest BCUT2D eigenvalue weighted by Gasteiger charge is 2.38. The first kappa shape index (κ1) is 12.8. The van der Waals surface area contributed by atoms with Crippen LogP contribution in [0.25, 0.3) is 0 Å². The predicted octanol–water partition coefficient (Wildman–Crippen LogP) is 1.75. The number of carbonyl (C=O) groups is 1. The van der Waals surface area contributed by atoms with Crippen molar-refractivity contribution in [3.8, 4) is 0 Å². The molecule has 1 saturated carbocycles. The van der Waals surface area contributed by atoms with Crippen LogP contribution in [0.1, 0.15) is 52.4 Å². The lowest BCUT2D eigenvalue weighted by Crippen LogP contribution is -2.46. The Morgan fingerprint density at radius 2 is 2.06 bits per heavy atom. The van der Waals surface area contributed by atoms with Gasteiger partial charge in [-0.1, -0.05) is 0 Å². The predicted molar refractivity (Wildman–Crippen MR) is 66.3 cm³/mol. The van der Waals surface area contributed by atoms with E-state index in [9.17, 15) is 4.79 Å². The van der Waals surface area contributed by atoms with E-state index in [1.165, 1.54) is 32.1 Å². The molecule has 0 aromatic rings. The van der Waals surface area contributed by atoms with E-state index < -0.39 is 0 Å². The van der Waals surface area contributed by atoms with E-state index >= 15 is 0 Å². The van der Waals surface area contributed by atoms with Crippen LogP contribution < -0.4 is 10.9 Å². The van der Waals surface area contributed by atoms with Gasteiger partial charge in [-0.15, -0.1) is 0 Å².